The van der Waals surface area contributed by atoms with Gasteiger partial charge in [0.25, 0.3) is 0 Å². The Hall–Kier alpha value is -1.23. The van der Waals surface area contributed by atoms with Gasteiger partial charge in [0.2, 0.25) is 0 Å². The highest BCUT2D eigenvalue weighted by atomic mass is 19.1. The quantitative estimate of drug-likeness (QED) is 0.725. The van der Waals surface area contributed by atoms with Gasteiger partial charge in [0, 0.05) is 6.54 Å². The van der Waals surface area contributed by atoms with Crippen LogP contribution in [0.1, 0.15) is 11.5 Å². The van der Waals surface area contributed by atoms with Gasteiger partial charge in [-0.2, -0.15) is 0 Å². The lowest BCUT2D eigenvalue weighted by Gasteiger charge is -2.06. The first kappa shape index (κ1) is 9.85. The number of nitrogens with one attached hydrogen (secondary N) is 1. The molecule has 0 aromatic carbocycles. The van der Waals surface area contributed by atoms with E-state index in [0.29, 0.717) is 11.5 Å². The Morgan fingerprint density at radius 3 is 2.69 bits per heavy atom. The molecule has 1 aromatic rings. The molecule has 0 bridgehead atoms. The molecule has 1 rings (SSSR count). The number of hydrogen-bond acceptors (Lipinski definition) is 4. The van der Waals surface area contributed by atoms with Crippen molar-refractivity contribution in [3.05, 3.63) is 17.3 Å². The van der Waals surface area contributed by atoms with Crippen molar-refractivity contribution >= 4 is 5.82 Å². The van der Waals surface area contributed by atoms with E-state index in [-0.39, 0.29) is 19.0 Å². The second-order valence-electron chi connectivity index (χ2n) is 2.67. The summed E-state index contributed by atoms with van der Waals surface area (Å²) in [6.07, 6.45) is 0. The summed E-state index contributed by atoms with van der Waals surface area (Å²) in [6, 6.07) is 0. The largest absolute Gasteiger partial charge is 0.395 e. The van der Waals surface area contributed by atoms with Crippen LogP contribution in [-0.4, -0.2) is 28.2 Å². The fourth-order valence-electron chi connectivity index (χ4n) is 0.990. The fraction of sp³-hybridized carbons (Fsp3) is 0.500. The van der Waals surface area contributed by atoms with E-state index in [1.807, 2.05) is 0 Å². The summed E-state index contributed by atoms with van der Waals surface area (Å²) in [7, 11) is 0. The number of rotatable bonds is 3. The van der Waals surface area contributed by atoms with Gasteiger partial charge >= 0.3 is 0 Å². The third-order valence-electron chi connectivity index (χ3n) is 1.53. The molecule has 0 fully saturated rings. The molecule has 0 unspecified atom stereocenters. The molecule has 0 saturated carbocycles. The molecule has 2 N–H and O–H groups in total. The number of halogens is 1. The van der Waals surface area contributed by atoms with E-state index in [0.717, 1.165) is 0 Å². The third kappa shape index (κ3) is 2.35. The average Bonchev–Trinajstić information content (AvgIpc) is 2.09. The molecule has 0 amide bonds. The molecule has 0 radical (unpaired) electrons. The summed E-state index contributed by atoms with van der Waals surface area (Å²) in [5.74, 6) is 0.206. The summed E-state index contributed by atoms with van der Waals surface area (Å²) >= 11 is 0. The van der Waals surface area contributed by atoms with Gasteiger partial charge in [0.1, 0.15) is 5.82 Å². The van der Waals surface area contributed by atoms with Crippen molar-refractivity contribution in [2.24, 2.45) is 0 Å². The van der Waals surface area contributed by atoms with E-state index in [1.165, 1.54) is 0 Å². The van der Waals surface area contributed by atoms with Crippen molar-refractivity contribution in [3.63, 3.8) is 0 Å². The molecular formula is C8H12FN3O. The van der Waals surface area contributed by atoms with Gasteiger partial charge in [0.05, 0.1) is 12.3 Å². The molecule has 0 saturated heterocycles. The van der Waals surface area contributed by atoms with Crippen LogP contribution in [0.2, 0.25) is 0 Å². The minimum Gasteiger partial charge on any atom is -0.395 e. The van der Waals surface area contributed by atoms with E-state index in [9.17, 15) is 4.39 Å². The maximum Gasteiger partial charge on any atom is 0.186 e. The highest BCUT2D eigenvalue weighted by molar-refractivity contribution is 5.37. The Balaban J connectivity index is 2.92. The van der Waals surface area contributed by atoms with Crippen molar-refractivity contribution in [1.29, 1.82) is 0 Å². The average molecular weight is 185 g/mol. The topological polar surface area (TPSA) is 58.0 Å². The molecule has 0 aliphatic carbocycles. The first-order valence-corrected chi connectivity index (χ1v) is 4.00. The zero-order valence-electron chi connectivity index (χ0n) is 7.63. The van der Waals surface area contributed by atoms with Gasteiger partial charge in [-0.1, -0.05) is 0 Å². The summed E-state index contributed by atoms with van der Waals surface area (Å²) in [6.45, 7) is 3.50. The number of aliphatic hydroxyl groups excluding tert-OH is 1. The Morgan fingerprint density at radius 2 is 2.08 bits per heavy atom. The zero-order valence-corrected chi connectivity index (χ0v) is 7.63. The predicted molar refractivity (Wildman–Crippen MR) is 47.0 cm³/mol. The van der Waals surface area contributed by atoms with Gasteiger partial charge in [-0.05, 0) is 13.8 Å². The second-order valence-corrected chi connectivity index (χ2v) is 2.67. The normalized spacial score (nSPS) is 10.2. The summed E-state index contributed by atoms with van der Waals surface area (Å²) in [5, 5.41) is 11.2. The first-order chi connectivity index (χ1) is 6.15. The highest BCUT2D eigenvalue weighted by Gasteiger charge is 2.08. The molecule has 0 atom stereocenters. The van der Waals surface area contributed by atoms with Gasteiger partial charge in [-0.3, -0.25) is 0 Å². The van der Waals surface area contributed by atoms with Crippen molar-refractivity contribution in [3.8, 4) is 0 Å². The first-order valence-electron chi connectivity index (χ1n) is 4.00. The number of aromatic nitrogens is 2. The monoisotopic (exact) mass is 185 g/mol. The van der Waals surface area contributed by atoms with E-state index >= 15 is 0 Å². The summed E-state index contributed by atoms with van der Waals surface area (Å²) in [4.78, 5) is 7.72. The molecule has 4 nitrogen and oxygen atoms in total. The molecule has 72 valence electrons. The van der Waals surface area contributed by atoms with Crippen LogP contribution in [0.15, 0.2) is 0 Å². The Bertz CT molecular complexity index is 304. The lowest BCUT2D eigenvalue weighted by Crippen LogP contribution is -2.11. The maximum atomic E-state index is 13.2. The van der Waals surface area contributed by atoms with Crippen molar-refractivity contribution in [2.45, 2.75) is 13.8 Å². The maximum absolute atomic E-state index is 13.2. The third-order valence-corrected chi connectivity index (χ3v) is 1.53. The Morgan fingerprint density at radius 1 is 1.38 bits per heavy atom. The van der Waals surface area contributed by atoms with Crippen molar-refractivity contribution in [2.75, 3.05) is 18.5 Å². The minimum atomic E-state index is -0.459. The SMILES string of the molecule is Cc1nc(C)c(F)c(NCCO)n1. The van der Waals surface area contributed by atoms with Gasteiger partial charge < -0.3 is 10.4 Å². The lowest BCUT2D eigenvalue weighted by molar-refractivity contribution is 0.310. The fourth-order valence-corrected chi connectivity index (χ4v) is 0.990. The molecule has 0 spiro atoms. The van der Waals surface area contributed by atoms with E-state index in [2.05, 4.69) is 15.3 Å². The Labute approximate surface area is 75.8 Å². The standard InChI is InChI=1S/C8H12FN3O/c1-5-7(9)8(10-3-4-13)12-6(2)11-5/h13H,3-4H2,1-2H3,(H,10,11,12). The highest BCUT2D eigenvalue weighted by Crippen LogP contribution is 2.12. The van der Waals surface area contributed by atoms with Crippen LogP contribution in [0, 0.1) is 19.7 Å². The van der Waals surface area contributed by atoms with Gasteiger partial charge in [-0.15, -0.1) is 0 Å². The molecule has 0 aliphatic rings. The van der Waals surface area contributed by atoms with E-state index < -0.39 is 5.82 Å². The van der Waals surface area contributed by atoms with Crippen molar-refractivity contribution in [1.82, 2.24) is 9.97 Å². The number of aryl methyl sites for hydroxylation is 2. The predicted octanol–water partition coefficient (Wildman–Crippen LogP) is 0.637. The van der Waals surface area contributed by atoms with Gasteiger partial charge in [0.15, 0.2) is 11.6 Å². The van der Waals surface area contributed by atoms with E-state index in [1.54, 1.807) is 13.8 Å². The molecular weight excluding hydrogens is 173 g/mol. The smallest absolute Gasteiger partial charge is 0.186 e. The van der Waals surface area contributed by atoms with Crippen molar-refractivity contribution < 1.29 is 9.50 Å². The van der Waals surface area contributed by atoms with Crippen LogP contribution in [-0.2, 0) is 0 Å². The number of anilines is 1. The van der Waals surface area contributed by atoms with Crippen LogP contribution in [0.3, 0.4) is 0 Å². The minimum absolute atomic E-state index is 0.0540. The summed E-state index contributed by atoms with van der Waals surface area (Å²) < 4.78 is 13.2. The van der Waals surface area contributed by atoms with Crippen LogP contribution in [0.25, 0.3) is 0 Å². The number of aliphatic hydroxyl groups is 1. The lowest BCUT2D eigenvalue weighted by atomic mass is 10.4. The van der Waals surface area contributed by atoms with E-state index in [4.69, 9.17) is 5.11 Å². The van der Waals surface area contributed by atoms with Crippen LogP contribution < -0.4 is 5.32 Å². The molecule has 13 heavy (non-hydrogen) atoms. The second kappa shape index (κ2) is 4.13. The van der Waals surface area contributed by atoms with Crippen LogP contribution in [0.4, 0.5) is 10.2 Å². The van der Waals surface area contributed by atoms with Crippen LogP contribution in [0.5, 0.6) is 0 Å². The number of nitrogens with zero attached hydrogens (tertiary/aromatic N) is 2. The molecule has 1 aromatic heterocycles. The summed E-state index contributed by atoms with van der Waals surface area (Å²) in [5.41, 5.74) is 0.313. The molecule has 1 heterocycles. The zero-order chi connectivity index (χ0) is 9.84. The molecule has 5 heteroatoms. The van der Waals surface area contributed by atoms with Crippen LogP contribution >= 0.6 is 0 Å². The Kier molecular flexibility index (Phi) is 3.13. The molecule has 0 aliphatic heterocycles. The van der Waals surface area contributed by atoms with Gasteiger partial charge in [-0.25, -0.2) is 14.4 Å². The number of hydrogen-bond donors (Lipinski definition) is 2.